The number of hydrogen-bond acceptors (Lipinski definition) is 4. The zero-order chi connectivity index (χ0) is 14.8. The second-order valence-corrected chi connectivity index (χ2v) is 5.32. The maximum absolute atomic E-state index is 12.1. The zero-order valence-corrected chi connectivity index (χ0v) is 11.8. The minimum atomic E-state index is -0.531. The van der Waals surface area contributed by atoms with Gasteiger partial charge >= 0.3 is 6.09 Å². The summed E-state index contributed by atoms with van der Waals surface area (Å²) >= 11 is 0. The number of methoxy groups -OCH3 is 1. The smallest absolute Gasteiger partial charge is 0.411 e. The van der Waals surface area contributed by atoms with Crippen molar-refractivity contribution >= 4 is 17.7 Å². The first-order chi connectivity index (χ1) is 9.42. The summed E-state index contributed by atoms with van der Waals surface area (Å²) in [6.45, 7) is 4.43. The second kappa shape index (κ2) is 5.50. The van der Waals surface area contributed by atoms with Gasteiger partial charge in [-0.2, -0.15) is 0 Å². The number of carbonyl (C=O) groups excluding carboxylic acids is 2. The SMILES string of the molecule is COC(=O)Nc1cccc(CN2OCC(C)(C)C2=O)c1. The van der Waals surface area contributed by atoms with Crippen molar-refractivity contribution in [1.29, 1.82) is 0 Å². The van der Waals surface area contributed by atoms with Gasteiger partial charge in [0.1, 0.15) is 0 Å². The molecule has 1 fully saturated rings. The fraction of sp³-hybridized carbons (Fsp3) is 0.429. The molecule has 1 aliphatic heterocycles. The monoisotopic (exact) mass is 278 g/mol. The van der Waals surface area contributed by atoms with Crippen LogP contribution in [0.5, 0.6) is 0 Å². The topological polar surface area (TPSA) is 67.9 Å². The molecule has 1 N–H and O–H groups in total. The van der Waals surface area contributed by atoms with Crippen LogP contribution in [-0.4, -0.2) is 30.8 Å². The van der Waals surface area contributed by atoms with Crippen molar-refractivity contribution in [3.8, 4) is 0 Å². The minimum absolute atomic E-state index is 0.0381. The summed E-state index contributed by atoms with van der Waals surface area (Å²) in [5.41, 5.74) is 0.993. The zero-order valence-electron chi connectivity index (χ0n) is 11.8. The van der Waals surface area contributed by atoms with E-state index in [1.165, 1.54) is 12.2 Å². The summed E-state index contributed by atoms with van der Waals surface area (Å²) in [4.78, 5) is 28.6. The Balaban J connectivity index is 2.05. The highest BCUT2D eigenvalue weighted by atomic mass is 16.7. The number of amides is 2. The number of ether oxygens (including phenoxy) is 1. The van der Waals surface area contributed by atoms with Crippen LogP contribution in [0.15, 0.2) is 24.3 Å². The number of hydroxylamine groups is 2. The lowest BCUT2D eigenvalue weighted by Gasteiger charge is -2.16. The molecule has 20 heavy (non-hydrogen) atoms. The highest BCUT2D eigenvalue weighted by Crippen LogP contribution is 2.28. The Labute approximate surface area is 117 Å². The molecule has 2 rings (SSSR count). The quantitative estimate of drug-likeness (QED) is 0.920. The van der Waals surface area contributed by atoms with Crippen molar-refractivity contribution in [2.45, 2.75) is 20.4 Å². The van der Waals surface area contributed by atoms with Gasteiger partial charge in [0.2, 0.25) is 0 Å². The molecular formula is C14H18N2O4. The third kappa shape index (κ3) is 3.08. The largest absolute Gasteiger partial charge is 0.453 e. The van der Waals surface area contributed by atoms with Crippen molar-refractivity contribution in [3.05, 3.63) is 29.8 Å². The lowest BCUT2D eigenvalue weighted by molar-refractivity contribution is -0.165. The molecule has 6 heteroatoms. The molecular weight excluding hydrogens is 260 g/mol. The molecule has 0 radical (unpaired) electrons. The summed E-state index contributed by atoms with van der Waals surface area (Å²) in [7, 11) is 1.30. The average molecular weight is 278 g/mol. The molecule has 108 valence electrons. The molecule has 1 aromatic carbocycles. The number of anilines is 1. The maximum atomic E-state index is 12.1. The van der Waals surface area contributed by atoms with E-state index in [2.05, 4.69) is 10.1 Å². The van der Waals surface area contributed by atoms with Crippen LogP contribution in [0.25, 0.3) is 0 Å². The number of nitrogens with one attached hydrogen (secondary N) is 1. The van der Waals surface area contributed by atoms with E-state index < -0.39 is 11.5 Å². The van der Waals surface area contributed by atoms with Crippen molar-refractivity contribution in [1.82, 2.24) is 5.06 Å². The van der Waals surface area contributed by atoms with E-state index in [1.54, 1.807) is 18.2 Å². The van der Waals surface area contributed by atoms with Crippen molar-refractivity contribution in [3.63, 3.8) is 0 Å². The van der Waals surface area contributed by atoms with Gasteiger partial charge in [0.15, 0.2) is 0 Å². The molecule has 1 aromatic rings. The fourth-order valence-electron chi connectivity index (χ4n) is 1.90. The molecule has 1 heterocycles. The van der Waals surface area contributed by atoms with Crippen LogP contribution in [0, 0.1) is 5.41 Å². The van der Waals surface area contributed by atoms with Crippen LogP contribution in [0.2, 0.25) is 0 Å². The normalized spacial score (nSPS) is 17.1. The van der Waals surface area contributed by atoms with Gasteiger partial charge in [-0.15, -0.1) is 0 Å². The van der Waals surface area contributed by atoms with E-state index in [-0.39, 0.29) is 5.91 Å². The number of carbonyl (C=O) groups is 2. The number of hydrogen-bond donors (Lipinski definition) is 1. The molecule has 1 saturated heterocycles. The van der Waals surface area contributed by atoms with Crippen LogP contribution in [0.4, 0.5) is 10.5 Å². The summed E-state index contributed by atoms with van der Waals surface area (Å²) in [5.74, 6) is -0.0381. The maximum Gasteiger partial charge on any atom is 0.411 e. The van der Waals surface area contributed by atoms with Crippen molar-refractivity contribution < 1.29 is 19.2 Å². The van der Waals surface area contributed by atoms with Gasteiger partial charge in [-0.3, -0.25) is 14.9 Å². The van der Waals surface area contributed by atoms with Crippen LogP contribution < -0.4 is 5.32 Å². The summed E-state index contributed by atoms with van der Waals surface area (Å²) in [6, 6.07) is 7.19. The van der Waals surface area contributed by atoms with Gasteiger partial charge in [-0.1, -0.05) is 12.1 Å². The van der Waals surface area contributed by atoms with Crippen molar-refractivity contribution in [2.75, 3.05) is 19.0 Å². The highest BCUT2D eigenvalue weighted by molar-refractivity contribution is 5.84. The Morgan fingerprint density at radius 1 is 1.50 bits per heavy atom. The first-order valence-corrected chi connectivity index (χ1v) is 6.31. The van der Waals surface area contributed by atoms with E-state index >= 15 is 0 Å². The molecule has 0 unspecified atom stereocenters. The van der Waals surface area contributed by atoms with E-state index in [1.807, 2.05) is 19.9 Å². The van der Waals surface area contributed by atoms with Gasteiger partial charge in [0.05, 0.1) is 25.7 Å². The van der Waals surface area contributed by atoms with Gasteiger partial charge in [0, 0.05) is 5.69 Å². The summed E-state index contributed by atoms with van der Waals surface area (Å²) in [5, 5.41) is 3.94. The Bertz CT molecular complexity index is 528. The molecule has 0 atom stereocenters. The number of rotatable bonds is 3. The first kappa shape index (κ1) is 14.3. The average Bonchev–Trinajstić information content (AvgIpc) is 2.66. The first-order valence-electron chi connectivity index (χ1n) is 6.31. The number of benzene rings is 1. The molecule has 0 aromatic heterocycles. The molecule has 1 aliphatic rings. The lowest BCUT2D eigenvalue weighted by Crippen LogP contribution is -2.30. The number of nitrogens with zero attached hydrogens (tertiary/aromatic N) is 1. The minimum Gasteiger partial charge on any atom is -0.453 e. The van der Waals surface area contributed by atoms with Gasteiger partial charge in [-0.25, -0.2) is 9.86 Å². The highest BCUT2D eigenvalue weighted by Gasteiger charge is 2.40. The third-order valence-corrected chi connectivity index (χ3v) is 3.07. The van der Waals surface area contributed by atoms with Crippen LogP contribution in [0.1, 0.15) is 19.4 Å². The third-order valence-electron chi connectivity index (χ3n) is 3.07. The van der Waals surface area contributed by atoms with Crippen LogP contribution in [0.3, 0.4) is 0 Å². The Hall–Kier alpha value is -2.08. The van der Waals surface area contributed by atoms with E-state index in [9.17, 15) is 9.59 Å². The molecule has 6 nitrogen and oxygen atoms in total. The van der Waals surface area contributed by atoms with E-state index in [0.29, 0.717) is 18.8 Å². The molecule has 2 amide bonds. The molecule has 0 bridgehead atoms. The van der Waals surface area contributed by atoms with Crippen LogP contribution in [-0.2, 0) is 20.9 Å². The lowest BCUT2D eigenvalue weighted by atomic mass is 9.95. The Morgan fingerprint density at radius 2 is 2.25 bits per heavy atom. The molecule has 0 aliphatic carbocycles. The van der Waals surface area contributed by atoms with Gasteiger partial charge in [-0.05, 0) is 31.5 Å². The van der Waals surface area contributed by atoms with E-state index in [0.717, 1.165) is 5.56 Å². The van der Waals surface area contributed by atoms with E-state index in [4.69, 9.17) is 4.84 Å². The summed E-state index contributed by atoms with van der Waals surface area (Å²) < 4.78 is 4.53. The second-order valence-electron chi connectivity index (χ2n) is 5.32. The Morgan fingerprint density at radius 3 is 2.85 bits per heavy atom. The van der Waals surface area contributed by atoms with Crippen LogP contribution >= 0.6 is 0 Å². The fourth-order valence-corrected chi connectivity index (χ4v) is 1.90. The summed E-state index contributed by atoms with van der Waals surface area (Å²) in [6.07, 6.45) is -0.531. The van der Waals surface area contributed by atoms with Crippen molar-refractivity contribution in [2.24, 2.45) is 5.41 Å². The predicted molar refractivity (Wildman–Crippen MR) is 72.8 cm³/mol. The van der Waals surface area contributed by atoms with Gasteiger partial charge < -0.3 is 4.74 Å². The Kier molecular flexibility index (Phi) is 3.94. The van der Waals surface area contributed by atoms with Gasteiger partial charge in [0.25, 0.3) is 5.91 Å². The molecule has 0 spiro atoms. The predicted octanol–water partition coefficient (Wildman–Crippen LogP) is 2.16. The molecule has 0 saturated carbocycles. The standard InChI is InChI=1S/C14H18N2O4/c1-14(2)9-20-16(12(14)17)8-10-5-4-6-11(7-10)15-13(18)19-3/h4-7H,8-9H2,1-3H3,(H,15,18).